The van der Waals surface area contributed by atoms with Crippen LogP contribution in [-0.4, -0.2) is 10.3 Å². The van der Waals surface area contributed by atoms with Crippen molar-refractivity contribution < 1.29 is 0 Å². The molecule has 1 aliphatic carbocycles. The number of hydrogen-bond acceptors (Lipinski definition) is 2. The first-order valence-corrected chi connectivity index (χ1v) is 6.18. The Morgan fingerprint density at radius 2 is 2.27 bits per heavy atom. The summed E-state index contributed by atoms with van der Waals surface area (Å²) in [6, 6.07) is 3.70. The highest BCUT2D eigenvalue weighted by Crippen LogP contribution is 2.20. The minimum absolute atomic E-state index is 0.143. The van der Waals surface area contributed by atoms with Crippen LogP contribution in [0.3, 0.4) is 0 Å². The van der Waals surface area contributed by atoms with E-state index in [9.17, 15) is 4.79 Å². The lowest BCUT2D eigenvalue weighted by atomic mass is 10.2. The smallest absolute Gasteiger partial charge is 0.250 e. The van der Waals surface area contributed by atoms with Gasteiger partial charge in [-0.05, 0) is 36.5 Å². The van der Waals surface area contributed by atoms with Crippen LogP contribution in [0.1, 0.15) is 24.6 Å². The molecular formula is C12H17NOS. The summed E-state index contributed by atoms with van der Waals surface area (Å²) in [4.78, 5) is 11.8. The molecule has 1 atom stereocenters. The average Bonchev–Trinajstić information content (AvgIpc) is 2.70. The zero-order valence-electron chi connectivity index (χ0n) is 9.07. The Labute approximate surface area is 95.7 Å². The molecule has 15 heavy (non-hydrogen) atoms. The molecule has 0 spiro atoms. The van der Waals surface area contributed by atoms with Gasteiger partial charge in [0, 0.05) is 18.3 Å². The summed E-state index contributed by atoms with van der Waals surface area (Å²) in [6.45, 7) is 2.94. The maximum atomic E-state index is 11.8. The highest BCUT2D eigenvalue weighted by molar-refractivity contribution is 7.80. The molecule has 0 aromatic carbocycles. The first kappa shape index (κ1) is 10.8. The molecule has 1 aromatic rings. The van der Waals surface area contributed by atoms with Gasteiger partial charge >= 0.3 is 0 Å². The summed E-state index contributed by atoms with van der Waals surface area (Å²) in [7, 11) is 0. The summed E-state index contributed by atoms with van der Waals surface area (Å²) in [5, 5.41) is 0. The Bertz CT molecular complexity index is 411. The van der Waals surface area contributed by atoms with Gasteiger partial charge in [-0.25, -0.2) is 0 Å². The number of nitrogens with zero attached hydrogens (tertiary/aromatic N) is 1. The van der Waals surface area contributed by atoms with Crippen LogP contribution in [0.2, 0.25) is 0 Å². The third kappa shape index (κ3) is 2.12. The van der Waals surface area contributed by atoms with Gasteiger partial charge in [0.15, 0.2) is 0 Å². The summed E-state index contributed by atoms with van der Waals surface area (Å²) >= 11 is 4.27. The van der Waals surface area contributed by atoms with Gasteiger partial charge < -0.3 is 4.57 Å². The second kappa shape index (κ2) is 4.44. The van der Waals surface area contributed by atoms with Gasteiger partial charge in [0.25, 0.3) is 5.56 Å². The van der Waals surface area contributed by atoms with E-state index in [2.05, 4.69) is 19.6 Å². The largest absolute Gasteiger partial charge is 0.312 e. The Morgan fingerprint density at radius 3 is 3.00 bits per heavy atom. The molecule has 1 unspecified atom stereocenters. The molecule has 0 N–H and O–H groups in total. The quantitative estimate of drug-likeness (QED) is 0.777. The van der Waals surface area contributed by atoms with Gasteiger partial charge in [0.2, 0.25) is 0 Å². The van der Waals surface area contributed by atoms with Crippen molar-refractivity contribution in [2.45, 2.75) is 32.7 Å². The van der Waals surface area contributed by atoms with Gasteiger partial charge in [0.05, 0.1) is 0 Å². The molecule has 0 bridgehead atoms. The molecule has 0 radical (unpaired) electrons. The first-order valence-electron chi connectivity index (χ1n) is 5.55. The van der Waals surface area contributed by atoms with Crippen molar-refractivity contribution in [2.75, 3.05) is 5.75 Å². The Kier molecular flexibility index (Phi) is 3.19. The van der Waals surface area contributed by atoms with Crippen LogP contribution in [0, 0.1) is 5.92 Å². The van der Waals surface area contributed by atoms with E-state index in [0.29, 0.717) is 5.92 Å². The van der Waals surface area contributed by atoms with E-state index in [-0.39, 0.29) is 5.56 Å². The van der Waals surface area contributed by atoms with E-state index in [1.54, 1.807) is 6.07 Å². The van der Waals surface area contributed by atoms with Crippen molar-refractivity contribution in [3.05, 3.63) is 33.7 Å². The molecular weight excluding hydrogens is 206 g/mol. The minimum Gasteiger partial charge on any atom is -0.312 e. The summed E-state index contributed by atoms with van der Waals surface area (Å²) in [5.41, 5.74) is 2.77. The zero-order chi connectivity index (χ0) is 10.8. The molecule has 1 aliphatic rings. The van der Waals surface area contributed by atoms with E-state index in [1.807, 2.05) is 10.6 Å². The van der Waals surface area contributed by atoms with Crippen molar-refractivity contribution in [1.29, 1.82) is 0 Å². The number of pyridine rings is 1. The van der Waals surface area contributed by atoms with E-state index < -0.39 is 0 Å². The standard InChI is InChI=1S/C12H17NOS/c1-9(8-15)7-13-11-4-2-3-10(11)5-6-12(13)14/h5-6,9,15H,2-4,7-8H2,1H3. The summed E-state index contributed by atoms with van der Waals surface area (Å²) in [6.07, 6.45) is 3.38. The number of aryl methyl sites for hydroxylation is 1. The summed E-state index contributed by atoms with van der Waals surface area (Å²) in [5.74, 6) is 1.29. The number of thiol groups is 1. The average molecular weight is 223 g/mol. The SMILES string of the molecule is CC(CS)Cn1c2c(ccc1=O)CCC2. The van der Waals surface area contributed by atoms with Gasteiger partial charge in [0.1, 0.15) is 0 Å². The lowest BCUT2D eigenvalue weighted by Crippen LogP contribution is -2.26. The fourth-order valence-electron chi connectivity index (χ4n) is 2.20. The number of fused-ring (bicyclic) bond motifs is 1. The fourth-order valence-corrected chi connectivity index (χ4v) is 2.32. The Morgan fingerprint density at radius 1 is 1.47 bits per heavy atom. The van der Waals surface area contributed by atoms with Crippen molar-refractivity contribution in [2.24, 2.45) is 5.92 Å². The predicted molar refractivity (Wildman–Crippen MR) is 65.7 cm³/mol. The van der Waals surface area contributed by atoms with Crippen LogP contribution in [0.25, 0.3) is 0 Å². The lowest BCUT2D eigenvalue weighted by molar-refractivity contribution is 0.505. The van der Waals surface area contributed by atoms with Crippen LogP contribution in [0.4, 0.5) is 0 Å². The molecule has 0 saturated heterocycles. The maximum absolute atomic E-state index is 11.8. The van der Waals surface area contributed by atoms with E-state index in [1.165, 1.54) is 17.7 Å². The van der Waals surface area contributed by atoms with Gasteiger partial charge in [-0.3, -0.25) is 4.79 Å². The second-order valence-electron chi connectivity index (χ2n) is 4.40. The van der Waals surface area contributed by atoms with Crippen LogP contribution < -0.4 is 5.56 Å². The zero-order valence-corrected chi connectivity index (χ0v) is 9.96. The second-order valence-corrected chi connectivity index (χ2v) is 4.76. The van der Waals surface area contributed by atoms with Crippen molar-refractivity contribution >= 4 is 12.6 Å². The highest BCUT2D eigenvalue weighted by Gasteiger charge is 2.16. The first-order chi connectivity index (χ1) is 7.22. The van der Waals surface area contributed by atoms with Crippen molar-refractivity contribution in [3.8, 4) is 0 Å². The van der Waals surface area contributed by atoms with Crippen LogP contribution in [-0.2, 0) is 19.4 Å². The van der Waals surface area contributed by atoms with Crippen LogP contribution in [0.5, 0.6) is 0 Å². The number of aromatic nitrogens is 1. The minimum atomic E-state index is 0.143. The lowest BCUT2D eigenvalue weighted by Gasteiger charge is -2.15. The third-order valence-corrected chi connectivity index (χ3v) is 3.68. The molecule has 0 fully saturated rings. The van der Waals surface area contributed by atoms with E-state index in [4.69, 9.17) is 0 Å². The van der Waals surface area contributed by atoms with Gasteiger partial charge in [-0.2, -0.15) is 12.6 Å². The van der Waals surface area contributed by atoms with Crippen molar-refractivity contribution in [3.63, 3.8) is 0 Å². The molecule has 2 rings (SSSR count). The fraction of sp³-hybridized carbons (Fsp3) is 0.583. The highest BCUT2D eigenvalue weighted by atomic mass is 32.1. The van der Waals surface area contributed by atoms with Gasteiger partial charge in [-0.15, -0.1) is 0 Å². The molecule has 3 heteroatoms. The molecule has 0 aliphatic heterocycles. The number of rotatable bonds is 3. The molecule has 1 heterocycles. The maximum Gasteiger partial charge on any atom is 0.250 e. The predicted octanol–water partition coefficient (Wildman–Crippen LogP) is 1.90. The van der Waals surface area contributed by atoms with Crippen LogP contribution in [0.15, 0.2) is 16.9 Å². The molecule has 82 valence electrons. The van der Waals surface area contributed by atoms with Crippen molar-refractivity contribution in [1.82, 2.24) is 4.57 Å². The monoisotopic (exact) mass is 223 g/mol. The van der Waals surface area contributed by atoms with E-state index in [0.717, 1.165) is 25.1 Å². The third-order valence-electron chi connectivity index (χ3n) is 3.06. The topological polar surface area (TPSA) is 22.0 Å². The van der Waals surface area contributed by atoms with Gasteiger partial charge in [-0.1, -0.05) is 13.0 Å². The molecule has 0 saturated carbocycles. The van der Waals surface area contributed by atoms with E-state index >= 15 is 0 Å². The molecule has 1 aromatic heterocycles. The normalized spacial score (nSPS) is 16.4. The molecule has 2 nitrogen and oxygen atoms in total. The Hall–Kier alpha value is -0.700. The summed E-state index contributed by atoms with van der Waals surface area (Å²) < 4.78 is 1.95. The molecule has 0 amide bonds. The Balaban J connectivity index is 2.37. The van der Waals surface area contributed by atoms with Crippen LogP contribution >= 0.6 is 12.6 Å². The number of hydrogen-bond donors (Lipinski definition) is 1.